The third-order valence-corrected chi connectivity index (χ3v) is 5.16. The van der Waals surface area contributed by atoms with E-state index in [9.17, 15) is 35.7 Å². The molecule has 10 nitrogen and oxygen atoms in total. The number of hydrogen-bond acceptors (Lipinski definition) is 10. The Morgan fingerprint density at radius 3 is 2.29 bits per heavy atom. The monoisotopic (exact) mass is 351 g/mol. The van der Waals surface area contributed by atoms with Crippen LogP contribution in [0.1, 0.15) is 6.42 Å². The summed E-state index contributed by atoms with van der Waals surface area (Å²) < 4.78 is 10.9. The summed E-state index contributed by atoms with van der Waals surface area (Å²) in [7, 11) is 0. The fourth-order valence-electron chi connectivity index (χ4n) is 3.77. The first-order valence-electron chi connectivity index (χ1n) is 8.09. The number of piperidine rings is 1. The molecular formula is C14H25NO9. The molecule has 24 heavy (non-hydrogen) atoms. The van der Waals surface area contributed by atoms with Gasteiger partial charge in [-0.25, -0.2) is 0 Å². The molecule has 10 heteroatoms. The van der Waals surface area contributed by atoms with Gasteiger partial charge in [-0.1, -0.05) is 0 Å². The van der Waals surface area contributed by atoms with E-state index >= 15 is 0 Å². The second-order valence-corrected chi connectivity index (χ2v) is 6.70. The number of rotatable bonds is 3. The fourth-order valence-corrected chi connectivity index (χ4v) is 3.77. The van der Waals surface area contributed by atoms with Gasteiger partial charge in [0.1, 0.15) is 36.6 Å². The van der Waals surface area contributed by atoms with Crippen molar-refractivity contribution in [3.05, 3.63) is 0 Å². The molecule has 0 aliphatic carbocycles. The molecule has 3 saturated heterocycles. The van der Waals surface area contributed by atoms with Crippen molar-refractivity contribution in [1.82, 2.24) is 4.90 Å². The molecule has 10 atom stereocenters. The number of nitrogens with zero attached hydrogens (tertiary/aromatic N) is 1. The SMILES string of the molecule is OC[C@H]1O[C@H](O[C@H]2[C@H](O)[C@@H](O)CN3CC[C@H](O)[C@H]23)[C@H](O)[C@@H](O)[C@@H]1O. The molecule has 7 N–H and O–H groups in total. The Labute approximate surface area is 138 Å². The molecule has 3 fully saturated rings. The quantitative estimate of drug-likeness (QED) is 0.263. The van der Waals surface area contributed by atoms with E-state index < -0.39 is 67.8 Å². The van der Waals surface area contributed by atoms with E-state index in [0.717, 1.165) is 0 Å². The van der Waals surface area contributed by atoms with Crippen molar-refractivity contribution in [2.24, 2.45) is 0 Å². The first-order valence-corrected chi connectivity index (χ1v) is 8.09. The van der Waals surface area contributed by atoms with Crippen molar-refractivity contribution in [2.45, 2.75) is 67.6 Å². The van der Waals surface area contributed by atoms with Gasteiger partial charge in [-0.2, -0.15) is 0 Å². The Kier molecular flexibility index (Phi) is 5.42. The van der Waals surface area contributed by atoms with Gasteiger partial charge < -0.3 is 45.2 Å². The molecular weight excluding hydrogens is 326 g/mol. The van der Waals surface area contributed by atoms with Crippen LogP contribution in [0, 0.1) is 0 Å². The van der Waals surface area contributed by atoms with Crippen LogP contribution in [0.5, 0.6) is 0 Å². The second kappa shape index (κ2) is 7.08. The summed E-state index contributed by atoms with van der Waals surface area (Å²) >= 11 is 0. The van der Waals surface area contributed by atoms with Crippen molar-refractivity contribution in [3.8, 4) is 0 Å². The highest BCUT2D eigenvalue weighted by Gasteiger charge is 2.52. The first kappa shape index (κ1) is 18.4. The lowest BCUT2D eigenvalue weighted by atomic mass is 9.92. The topological polar surface area (TPSA) is 163 Å². The van der Waals surface area contributed by atoms with Gasteiger partial charge in [0.15, 0.2) is 6.29 Å². The van der Waals surface area contributed by atoms with Crippen LogP contribution in [0.3, 0.4) is 0 Å². The highest BCUT2D eigenvalue weighted by molar-refractivity contribution is 5.03. The van der Waals surface area contributed by atoms with Gasteiger partial charge in [-0.15, -0.1) is 0 Å². The van der Waals surface area contributed by atoms with Crippen LogP contribution >= 0.6 is 0 Å². The van der Waals surface area contributed by atoms with Crippen LogP contribution in [0.25, 0.3) is 0 Å². The van der Waals surface area contributed by atoms with Crippen molar-refractivity contribution in [2.75, 3.05) is 19.7 Å². The minimum atomic E-state index is -1.61. The van der Waals surface area contributed by atoms with Gasteiger partial charge in [0.2, 0.25) is 0 Å². The highest BCUT2D eigenvalue weighted by atomic mass is 16.7. The molecule has 0 unspecified atom stereocenters. The van der Waals surface area contributed by atoms with Crippen molar-refractivity contribution >= 4 is 0 Å². The van der Waals surface area contributed by atoms with Gasteiger partial charge in [-0.05, 0) is 6.42 Å². The number of aliphatic hydroxyl groups excluding tert-OH is 7. The molecule has 0 aromatic rings. The van der Waals surface area contributed by atoms with Gasteiger partial charge >= 0.3 is 0 Å². The molecule has 3 aliphatic heterocycles. The Morgan fingerprint density at radius 1 is 0.917 bits per heavy atom. The number of aliphatic hydroxyl groups is 7. The molecule has 0 aromatic heterocycles. The van der Waals surface area contributed by atoms with Crippen LogP contribution in [-0.2, 0) is 9.47 Å². The Morgan fingerprint density at radius 2 is 1.62 bits per heavy atom. The van der Waals surface area contributed by atoms with Gasteiger partial charge in [-0.3, -0.25) is 4.90 Å². The maximum Gasteiger partial charge on any atom is 0.187 e. The Balaban J connectivity index is 1.77. The molecule has 0 bridgehead atoms. The zero-order chi connectivity index (χ0) is 17.6. The Bertz CT molecular complexity index is 438. The average Bonchev–Trinajstić information content (AvgIpc) is 2.92. The van der Waals surface area contributed by atoms with Crippen molar-refractivity contribution in [3.63, 3.8) is 0 Å². The molecule has 0 aromatic carbocycles. The summed E-state index contributed by atoms with van der Waals surface area (Å²) in [5, 5.41) is 69.2. The fraction of sp³-hybridized carbons (Fsp3) is 1.00. The summed E-state index contributed by atoms with van der Waals surface area (Å²) in [4.78, 5) is 1.79. The molecule has 3 rings (SSSR count). The summed E-state index contributed by atoms with van der Waals surface area (Å²) in [6.07, 6.45) is -11.1. The number of fused-ring (bicyclic) bond motifs is 1. The van der Waals surface area contributed by atoms with Crippen LogP contribution in [-0.4, -0.2) is 122 Å². The summed E-state index contributed by atoms with van der Waals surface area (Å²) in [5.74, 6) is 0. The smallest absolute Gasteiger partial charge is 0.187 e. The van der Waals surface area contributed by atoms with E-state index in [1.54, 1.807) is 4.90 Å². The maximum atomic E-state index is 10.2. The lowest BCUT2D eigenvalue weighted by molar-refractivity contribution is -0.328. The van der Waals surface area contributed by atoms with E-state index in [0.29, 0.717) is 13.0 Å². The lowest BCUT2D eigenvalue weighted by Crippen LogP contribution is -2.66. The Hall–Kier alpha value is -0.400. The molecule has 0 radical (unpaired) electrons. The van der Waals surface area contributed by atoms with Gasteiger partial charge in [0.05, 0.1) is 24.9 Å². The van der Waals surface area contributed by atoms with Crippen LogP contribution in [0.4, 0.5) is 0 Å². The minimum Gasteiger partial charge on any atom is -0.394 e. The molecule has 140 valence electrons. The van der Waals surface area contributed by atoms with Gasteiger partial charge in [0.25, 0.3) is 0 Å². The standard InChI is InChI=1S/C14H25NO9/c16-4-7-10(20)11(21)12(22)14(23-7)24-13-8-5(17)1-2-15(8)3-6(18)9(13)19/h5-14,16-22H,1-4H2/t5-,6-,7+,8+,9+,10+,11-,12+,13+,14+/m0/s1. The summed E-state index contributed by atoms with van der Waals surface area (Å²) in [5.41, 5.74) is 0. The third kappa shape index (κ3) is 3.07. The van der Waals surface area contributed by atoms with E-state index in [-0.39, 0.29) is 6.54 Å². The zero-order valence-corrected chi connectivity index (χ0v) is 13.0. The van der Waals surface area contributed by atoms with Crippen molar-refractivity contribution < 1.29 is 45.2 Å². The lowest BCUT2D eigenvalue weighted by Gasteiger charge is -2.47. The molecule has 0 saturated carbocycles. The highest BCUT2D eigenvalue weighted by Crippen LogP contribution is 2.33. The first-order chi connectivity index (χ1) is 11.3. The molecule has 3 heterocycles. The molecule has 0 spiro atoms. The largest absolute Gasteiger partial charge is 0.394 e. The van der Waals surface area contributed by atoms with E-state index in [2.05, 4.69) is 0 Å². The predicted octanol–water partition coefficient (Wildman–Crippen LogP) is -4.66. The van der Waals surface area contributed by atoms with Crippen LogP contribution in [0.2, 0.25) is 0 Å². The molecule has 0 amide bonds. The number of hydrogen-bond donors (Lipinski definition) is 7. The van der Waals surface area contributed by atoms with E-state index in [1.165, 1.54) is 0 Å². The minimum absolute atomic E-state index is 0.192. The van der Waals surface area contributed by atoms with E-state index in [1.807, 2.05) is 0 Å². The normalized spacial score (nSPS) is 53.1. The maximum absolute atomic E-state index is 10.2. The molecule has 3 aliphatic rings. The average molecular weight is 351 g/mol. The third-order valence-electron chi connectivity index (χ3n) is 5.16. The predicted molar refractivity (Wildman–Crippen MR) is 76.6 cm³/mol. The van der Waals surface area contributed by atoms with Crippen LogP contribution < -0.4 is 0 Å². The van der Waals surface area contributed by atoms with Gasteiger partial charge in [0, 0.05) is 13.1 Å². The summed E-state index contributed by atoms with van der Waals surface area (Å²) in [6, 6.07) is -0.587. The van der Waals surface area contributed by atoms with E-state index in [4.69, 9.17) is 9.47 Å². The van der Waals surface area contributed by atoms with Crippen molar-refractivity contribution in [1.29, 1.82) is 0 Å². The summed E-state index contributed by atoms with van der Waals surface area (Å²) in [6.45, 7) is 0.125. The zero-order valence-electron chi connectivity index (χ0n) is 13.0. The van der Waals surface area contributed by atoms with Crippen LogP contribution in [0.15, 0.2) is 0 Å². The second-order valence-electron chi connectivity index (χ2n) is 6.70. The number of ether oxygens (including phenoxy) is 2.